The number of aliphatic hydroxyl groups is 2. The van der Waals surface area contributed by atoms with E-state index in [2.05, 4.69) is 21.2 Å². The van der Waals surface area contributed by atoms with Gasteiger partial charge in [0.2, 0.25) is 0 Å². The topological polar surface area (TPSA) is 140 Å². The highest BCUT2D eigenvalue weighted by molar-refractivity contribution is 9.10. The molecule has 2 bridgehead atoms. The maximum Gasteiger partial charge on any atom is 0.335 e. The Kier molecular flexibility index (Phi) is 11.0. The van der Waals surface area contributed by atoms with Gasteiger partial charge in [-0.15, -0.1) is 0 Å². The number of piperazine rings is 1. The molecule has 2 aliphatic heterocycles. The highest BCUT2D eigenvalue weighted by Gasteiger charge is 2.45. The fourth-order valence-electron chi connectivity index (χ4n) is 6.80. The number of carbonyl (C=O) groups is 3. The van der Waals surface area contributed by atoms with Crippen LogP contribution in [0.15, 0.2) is 76.8 Å². The van der Waals surface area contributed by atoms with Crippen molar-refractivity contribution in [2.75, 3.05) is 19.7 Å². The van der Waals surface area contributed by atoms with Gasteiger partial charge in [-0.05, 0) is 94.9 Å². The van der Waals surface area contributed by atoms with E-state index in [4.69, 9.17) is 4.74 Å². The van der Waals surface area contributed by atoms with Gasteiger partial charge in [0.1, 0.15) is 11.6 Å². The van der Waals surface area contributed by atoms with E-state index >= 15 is 0 Å². The number of carboxylic acids is 1. The number of halogens is 2. The summed E-state index contributed by atoms with van der Waals surface area (Å²) in [6, 6.07) is 19.7. The lowest BCUT2D eigenvalue weighted by Gasteiger charge is -2.45. The van der Waals surface area contributed by atoms with E-state index in [9.17, 15) is 34.1 Å². The van der Waals surface area contributed by atoms with Crippen LogP contribution in [-0.4, -0.2) is 92.9 Å². The SMILES string of the molecule is Cc1ccccc1CN(C(=O)C1=C(c2ccc(CCCOc3cc(F)ccc3Br)cc2)C[C@@H]2CN(C(=O)[C@@H](O)[C@@H](O)C(=O)O)C[C@H]1N2)C1CC1. The van der Waals surface area contributed by atoms with Crippen LogP contribution in [-0.2, 0) is 27.3 Å². The van der Waals surface area contributed by atoms with Crippen LogP contribution >= 0.6 is 15.9 Å². The summed E-state index contributed by atoms with van der Waals surface area (Å²) in [7, 11) is 0. The molecule has 2 fully saturated rings. The highest BCUT2D eigenvalue weighted by Crippen LogP contribution is 2.38. The van der Waals surface area contributed by atoms with E-state index in [1.807, 2.05) is 60.4 Å². The van der Waals surface area contributed by atoms with E-state index in [-0.39, 0.29) is 36.9 Å². The Morgan fingerprint density at radius 3 is 2.48 bits per heavy atom. The third-order valence-corrected chi connectivity index (χ3v) is 10.3. The summed E-state index contributed by atoms with van der Waals surface area (Å²) < 4.78 is 20.1. The van der Waals surface area contributed by atoms with Crippen molar-refractivity contribution in [3.05, 3.63) is 105 Å². The number of aryl methyl sites for hydroxylation is 2. The van der Waals surface area contributed by atoms with Gasteiger partial charge in [-0.1, -0.05) is 48.5 Å². The number of fused-ring (bicyclic) bond motifs is 2. The molecular weight excluding hydrogens is 709 g/mol. The average molecular weight is 751 g/mol. The number of carboxylic acid groups (broad SMARTS) is 1. The Morgan fingerprint density at radius 2 is 1.78 bits per heavy atom. The number of ether oxygens (including phenoxy) is 1. The Balaban J connectivity index is 1.25. The fraction of sp³-hybridized carbons (Fsp3) is 0.395. The summed E-state index contributed by atoms with van der Waals surface area (Å²) in [5.41, 5.74) is 5.58. The van der Waals surface area contributed by atoms with Crippen molar-refractivity contribution in [1.82, 2.24) is 15.1 Å². The van der Waals surface area contributed by atoms with Crippen molar-refractivity contribution in [2.45, 2.75) is 75.9 Å². The molecule has 4 N–H and O–H groups in total. The van der Waals surface area contributed by atoms with Gasteiger partial charge in [0.25, 0.3) is 11.8 Å². The second kappa shape index (κ2) is 15.4. The zero-order valence-electron chi connectivity index (χ0n) is 27.7. The Hall–Kier alpha value is -4.10. The predicted molar refractivity (Wildman–Crippen MR) is 188 cm³/mol. The lowest BCUT2D eigenvalue weighted by molar-refractivity contribution is -0.163. The average Bonchev–Trinajstić information content (AvgIpc) is 3.95. The van der Waals surface area contributed by atoms with E-state index < -0.39 is 30.1 Å². The molecule has 2 heterocycles. The Labute approximate surface area is 298 Å². The molecule has 1 aliphatic carbocycles. The van der Waals surface area contributed by atoms with Crippen molar-refractivity contribution >= 4 is 39.3 Å². The van der Waals surface area contributed by atoms with Crippen LogP contribution in [0, 0.1) is 12.7 Å². The molecule has 0 spiro atoms. The Bertz CT molecular complexity index is 1780. The van der Waals surface area contributed by atoms with Crippen molar-refractivity contribution in [3.63, 3.8) is 0 Å². The quantitative estimate of drug-likeness (QED) is 0.191. The number of aliphatic carboxylic acids is 1. The van der Waals surface area contributed by atoms with Crippen LogP contribution in [0.3, 0.4) is 0 Å². The lowest BCUT2D eigenvalue weighted by atomic mass is 9.82. The standard InChI is InChI=1S/C38H41BrFN3O7/c1-22-5-2-3-7-25(22)19-43(28-13-14-28)36(46)33-29(18-27-20-42(21-31(33)41-27)37(47)34(44)35(45)38(48)49)24-10-8-23(9-11-24)6-4-16-50-32-17-26(40)12-15-30(32)39/h2-3,5,7-12,15,17,27-28,31,34-35,41,44-45H,4,6,13-14,16,18-21H2,1H3,(H,48,49)/t27-,31-,34+,35-/m1/s1. The number of aliphatic hydroxyl groups excluding tert-OH is 2. The molecule has 50 heavy (non-hydrogen) atoms. The minimum atomic E-state index is -2.25. The van der Waals surface area contributed by atoms with Crippen LogP contribution in [0.1, 0.15) is 47.9 Å². The van der Waals surface area contributed by atoms with Gasteiger partial charge in [0.15, 0.2) is 12.2 Å². The summed E-state index contributed by atoms with van der Waals surface area (Å²) in [5, 5.41) is 32.9. The summed E-state index contributed by atoms with van der Waals surface area (Å²) >= 11 is 3.38. The van der Waals surface area contributed by atoms with E-state index in [0.29, 0.717) is 41.8 Å². The van der Waals surface area contributed by atoms with Crippen molar-refractivity contribution in [2.24, 2.45) is 0 Å². The molecule has 0 aromatic heterocycles. The summed E-state index contributed by atoms with van der Waals surface area (Å²) in [4.78, 5) is 42.5. The van der Waals surface area contributed by atoms with Gasteiger partial charge in [-0.2, -0.15) is 0 Å². The molecule has 1 saturated carbocycles. The van der Waals surface area contributed by atoms with Gasteiger partial charge >= 0.3 is 5.97 Å². The third kappa shape index (κ3) is 8.10. The lowest BCUT2D eigenvalue weighted by Crippen LogP contribution is -2.64. The number of hydrogen-bond acceptors (Lipinski definition) is 7. The molecule has 0 unspecified atom stereocenters. The second-order valence-corrected chi connectivity index (χ2v) is 14.2. The maximum absolute atomic E-state index is 14.7. The molecule has 1 saturated heterocycles. The zero-order valence-corrected chi connectivity index (χ0v) is 29.3. The zero-order chi connectivity index (χ0) is 35.5. The number of nitrogens with zero attached hydrogens (tertiary/aromatic N) is 2. The van der Waals surface area contributed by atoms with E-state index in [0.717, 1.165) is 47.1 Å². The highest BCUT2D eigenvalue weighted by atomic mass is 79.9. The molecular formula is C38H41BrFN3O7. The minimum absolute atomic E-state index is 0.0334. The van der Waals surface area contributed by atoms with E-state index in [1.54, 1.807) is 6.07 Å². The van der Waals surface area contributed by atoms with Crippen LogP contribution in [0.25, 0.3) is 5.57 Å². The van der Waals surface area contributed by atoms with Crippen LogP contribution in [0.5, 0.6) is 5.75 Å². The first-order valence-corrected chi connectivity index (χ1v) is 17.7. The number of rotatable bonds is 13. The first-order valence-electron chi connectivity index (χ1n) is 16.9. The van der Waals surface area contributed by atoms with Crippen LogP contribution in [0.4, 0.5) is 4.39 Å². The summed E-state index contributed by atoms with van der Waals surface area (Å²) in [6.07, 6.45) is -0.692. The summed E-state index contributed by atoms with van der Waals surface area (Å²) in [5.74, 6) is -2.60. The molecule has 10 nitrogen and oxygen atoms in total. The first kappa shape index (κ1) is 35.7. The number of benzene rings is 3. The van der Waals surface area contributed by atoms with Gasteiger partial charge < -0.3 is 35.2 Å². The summed E-state index contributed by atoms with van der Waals surface area (Å²) in [6.45, 7) is 3.10. The van der Waals surface area contributed by atoms with Crippen LogP contribution in [0.2, 0.25) is 0 Å². The van der Waals surface area contributed by atoms with E-state index in [1.165, 1.54) is 17.0 Å². The monoisotopic (exact) mass is 749 g/mol. The maximum atomic E-state index is 14.7. The van der Waals surface area contributed by atoms with Gasteiger partial charge in [0, 0.05) is 43.4 Å². The molecule has 12 heteroatoms. The molecule has 264 valence electrons. The second-order valence-electron chi connectivity index (χ2n) is 13.3. The molecule has 0 radical (unpaired) electrons. The minimum Gasteiger partial charge on any atom is -0.492 e. The van der Waals surface area contributed by atoms with Gasteiger partial charge in [-0.3, -0.25) is 9.59 Å². The molecule has 6 rings (SSSR count). The fourth-order valence-corrected chi connectivity index (χ4v) is 7.16. The largest absolute Gasteiger partial charge is 0.492 e. The molecule has 4 atom stereocenters. The smallest absolute Gasteiger partial charge is 0.335 e. The molecule has 3 aliphatic rings. The Morgan fingerprint density at radius 1 is 1.04 bits per heavy atom. The van der Waals surface area contributed by atoms with Crippen molar-refractivity contribution < 1.29 is 38.8 Å². The third-order valence-electron chi connectivity index (χ3n) is 9.67. The molecule has 3 aromatic rings. The number of carbonyl (C=O) groups excluding carboxylic acids is 2. The van der Waals surface area contributed by atoms with Crippen LogP contribution < -0.4 is 10.1 Å². The van der Waals surface area contributed by atoms with Crippen molar-refractivity contribution in [1.29, 1.82) is 0 Å². The predicted octanol–water partition coefficient (Wildman–Crippen LogP) is 4.23. The first-order chi connectivity index (χ1) is 24.0. The number of nitrogens with one attached hydrogen (secondary N) is 1. The normalized spacial score (nSPS) is 19.9. The van der Waals surface area contributed by atoms with Crippen molar-refractivity contribution in [3.8, 4) is 5.75 Å². The number of hydrogen-bond donors (Lipinski definition) is 4. The van der Waals surface area contributed by atoms with Gasteiger partial charge in [0.05, 0.1) is 17.1 Å². The molecule has 2 amide bonds. The van der Waals surface area contributed by atoms with Gasteiger partial charge in [-0.25, -0.2) is 9.18 Å². The molecule has 3 aromatic carbocycles. The number of amides is 2.